The fraction of sp³-hybridized carbons (Fsp3) is 0.0769. The lowest BCUT2D eigenvalue weighted by Crippen LogP contribution is -2.02. The van der Waals surface area contributed by atoms with Gasteiger partial charge < -0.3 is 4.57 Å². The van der Waals surface area contributed by atoms with Crippen molar-refractivity contribution in [1.82, 2.24) is 14.5 Å². The molecule has 0 spiro atoms. The number of nitrogens with zero attached hydrogens (tertiary/aromatic N) is 3. The van der Waals surface area contributed by atoms with Gasteiger partial charge in [-0.1, -0.05) is 159 Å². The minimum absolute atomic E-state index is 0.523. The van der Waals surface area contributed by atoms with Crippen LogP contribution in [0.2, 0.25) is 0 Å². The van der Waals surface area contributed by atoms with Crippen molar-refractivity contribution in [3.8, 4) is 22.5 Å². The highest BCUT2D eigenvalue weighted by atomic mass is 14.9. The first-order valence-corrected chi connectivity index (χ1v) is 19.1. The average molecular weight is 706 g/mol. The first kappa shape index (κ1) is 32.8. The highest BCUT2D eigenvalue weighted by Gasteiger charge is 2.18. The second kappa shape index (κ2) is 13.5. The summed E-state index contributed by atoms with van der Waals surface area (Å²) in [7, 11) is 2.12. The van der Waals surface area contributed by atoms with Crippen LogP contribution < -0.4 is 0 Å². The van der Waals surface area contributed by atoms with E-state index in [1.165, 1.54) is 64.9 Å². The largest absolute Gasteiger partial charge is 0.344 e. The summed E-state index contributed by atoms with van der Waals surface area (Å²) in [5, 5.41) is 12.5. The molecule has 2 heterocycles. The van der Waals surface area contributed by atoms with E-state index in [1.54, 1.807) is 0 Å². The van der Waals surface area contributed by atoms with E-state index in [4.69, 9.17) is 9.97 Å². The Balaban J connectivity index is 0.000000222. The van der Waals surface area contributed by atoms with Gasteiger partial charge in [-0.25, -0.2) is 9.97 Å². The van der Waals surface area contributed by atoms with Crippen molar-refractivity contribution >= 4 is 70.5 Å². The SMILES string of the molecule is CC1C=CC(c2nc(-c3cc4ccccc4c4ccccc34)cc(-c3cc4ccccc4c4ccccc34)n2)=CC1.Cn1c2ccccc2c2ccccc21. The second-order valence-corrected chi connectivity index (χ2v) is 14.7. The summed E-state index contributed by atoms with van der Waals surface area (Å²) >= 11 is 0. The molecular formula is C52H39N3. The lowest BCUT2D eigenvalue weighted by molar-refractivity contribution is 0.738. The molecule has 0 bridgehead atoms. The van der Waals surface area contributed by atoms with Gasteiger partial charge in [0.1, 0.15) is 0 Å². The molecule has 3 nitrogen and oxygen atoms in total. The van der Waals surface area contributed by atoms with E-state index in [0.29, 0.717) is 5.92 Å². The van der Waals surface area contributed by atoms with Crippen LogP contribution in [0, 0.1) is 5.92 Å². The van der Waals surface area contributed by atoms with Crippen molar-refractivity contribution in [2.24, 2.45) is 13.0 Å². The van der Waals surface area contributed by atoms with Gasteiger partial charge in [-0.15, -0.1) is 0 Å². The van der Waals surface area contributed by atoms with Gasteiger partial charge in [0.2, 0.25) is 0 Å². The molecule has 0 fully saturated rings. The van der Waals surface area contributed by atoms with E-state index in [0.717, 1.165) is 40.3 Å². The molecule has 11 rings (SSSR count). The van der Waals surface area contributed by atoms with Crippen molar-refractivity contribution < 1.29 is 0 Å². The van der Waals surface area contributed by atoms with Gasteiger partial charge in [0.15, 0.2) is 5.82 Å². The highest BCUT2D eigenvalue weighted by Crippen LogP contribution is 2.39. The molecule has 10 aromatic rings. The molecule has 262 valence electrons. The number of hydrogen-bond acceptors (Lipinski definition) is 2. The highest BCUT2D eigenvalue weighted by molar-refractivity contribution is 6.15. The van der Waals surface area contributed by atoms with E-state index in [1.807, 2.05) is 0 Å². The minimum Gasteiger partial charge on any atom is -0.344 e. The Morgan fingerprint density at radius 3 is 1.36 bits per heavy atom. The predicted octanol–water partition coefficient (Wildman–Crippen LogP) is 13.7. The molecule has 0 saturated heterocycles. The first-order valence-electron chi connectivity index (χ1n) is 19.1. The summed E-state index contributed by atoms with van der Waals surface area (Å²) in [4.78, 5) is 10.5. The predicted molar refractivity (Wildman–Crippen MR) is 234 cm³/mol. The molecule has 1 aliphatic carbocycles. The van der Waals surface area contributed by atoms with Crippen LogP contribution in [0.5, 0.6) is 0 Å². The Hall–Kier alpha value is -6.84. The zero-order valence-corrected chi connectivity index (χ0v) is 30.9. The summed E-state index contributed by atoms with van der Waals surface area (Å²) < 4.78 is 2.24. The van der Waals surface area contributed by atoms with E-state index < -0.39 is 0 Å². The quantitative estimate of drug-likeness (QED) is 0.171. The summed E-state index contributed by atoms with van der Waals surface area (Å²) in [6.45, 7) is 2.24. The number of allylic oxidation sites excluding steroid dienone is 4. The van der Waals surface area contributed by atoms with Crippen LogP contribution in [0.4, 0.5) is 0 Å². The zero-order valence-electron chi connectivity index (χ0n) is 30.9. The Morgan fingerprint density at radius 2 is 0.891 bits per heavy atom. The van der Waals surface area contributed by atoms with Crippen molar-refractivity contribution in [3.63, 3.8) is 0 Å². The van der Waals surface area contributed by atoms with Gasteiger partial charge in [-0.05, 0) is 85.8 Å². The molecule has 0 N–H and O–H groups in total. The third-order valence-corrected chi connectivity index (χ3v) is 11.2. The number of aryl methyl sites for hydroxylation is 1. The van der Waals surface area contributed by atoms with E-state index in [2.05, 4.69) is 201 Å². The van der Waals surface area contributed by atoms with Crippen LogP contribution in [0.15, 0.2) is 182 Å². The molecule has 0 saturated carbocycles. The second-order valence-electron chi connectivity index (χ2n) is 14.7. The molecule has 1 atom stereocenters. The van der Waals surface area contributed by atoms with Crippen LogP contribution in [-0.2, 0) is 7.05 Å². The molecule has 8 aromatic carbocycles. The van der Waals surface area contributed by atoms with Crippen LogP contribution in [-0.4, -0.2) is 14.5 Å². The lowest BCUT2D eigenvalue weighted by atomic mass is 9.93. The minimum atomic E-state index is 0.523. The third-order valence-electron chi connectivity index (χ3n) is 11.2. The van der Waals surface area contributed by atoms with Gasteiger partial charge >= 0.3 is 0 Å². The molecular weight excluding hydrogens is 667 g/mol. The zero-order chi connectivity index (χ0) is 36.9. The third kappa shape index (κ3) is 5.77. The van der Waals surface area contributed by atoms with E-state index in [9.17, 15) is 0 Å². The van der Waals surface area contributed by atoms with Gasteiger partial charge in [0.25, 0.3) is 0 Å². The fourth-order valence-electron chi connectivity index (χ4n) is 8.40. The molecule has 2 aromatic heterocycles. The number of aromatic nitrogens is 3. The van der Waals surface area contributed by atoms with Gasteiger partial charge in [0.05, 0.1) is 11.4 Å². The number of rotatable bonds is 3. The van der Waals surface area contributed by atoms with Crippen LogP contribution in [0.1, 0.15) is 19.2 Å². The van der Waals surface area contributed by atoms with Gasteiger partial charge in [0, 0.05) is 45.6 Å². The monoisotopic (exact) mass is 705 g/mol. The molecule has 0 radical (unpaired) electrons. The molecule has 1 unspecified atom stereocenters. The maximum absolute atomic E-state index is 5.25. The van der Waals surface area contributed by atoms with Gasteiger partial charge in [-0.2, -0.15) is 0 Å². The smallest absolute Gasteiger partial charge is 0.160 e. The van der Waals surface area contributed by atoms with Crippen molar-refractivity contribution in [3.05, 3.63) is 188 Å². The Morgan fingerprint density at radius 1 is 0.473 bits per heavy atom. The normalized spacial score (nSPS) is 14.1. The maximum atomic E-state index is 5.25. The summed E-state index contributed by atoms with van der Waals surface area (Å²) in [5.74, 6) is 1.30. The molecule has 0 aliphatic heterocycles. The lowest BCUT2D eigenvalue weighted by Gasteiger charge is -2.16. The first-order chi connectivity index (χ1) is 27.1. The Labute approximate surface area is 320 Å². The molecule has 0 amide bonds. The number of benzene rings is 8. The number of fused-ring (bicyclic) bond motifs is 9. The summed E-state index contributed by atoms with van der Waals surface area (Å²) in [6.07, 6.45) is 7.73. The van der Waals surface area contributed by atoms with Crippen molar-refractivity contribution in [2.75, 3.05) is 0 Å². The van der Waals surface area contributed by atoms with Crippen LogP contribution >= 0.6 is 0 Å². The van der Waals surface area contributed by atoms with Crippen LogP contribution in [0.25, 0.3) is 93.0 Å². The van der Waals surface area contributed by atoms with E-state index >= 15 is 0 Å². The Kier molecular flexibility index (Phi) is 8.07. The average Bonchev–Trinajstić information content (AvgIpc) is 3.54. The topological polar surface area (TPSA) is 30.7 Å². The standard InChI is InChI=1S/C39H28N2.C13H11N/c1-25-18-20-26(21-19-25)39-40-37(35-22-27-10-2-4-12-29(27)31-14-6-8-16-33(31)35)24-38(41-39)36-23-28-11-3-5-13-30(28)32-15-7-9-17-34(32)36;1-14-12-8-4-2-6-10(12)11-7-3-5-9-13(11)14/h2-18,20-25H,19H2,1H3;2-9H,1H3. The molecule has 1 aliphatic rings. The molecule has 55 heavy (non-hydrogen) atoms. The molecule has 3 heteroatoms. The van der Waals surface area contributed by atoms with Crippen molar-refractivity contribution in [2.45, 2.75) is 13.3 Å². The summed E-state index contributed by atoms with van der Waals surface area (Å²) in [6, 6.07) is 58.4. The van der Waals surface area contributed by atoms with E-state index in [-0.39, 0.29) is 0 Å². The number of para-hydroxylation sites is 2. The Bertz CT molecular complexity index is 2970. The van der Waals surface area contributed by atoms with Crippen LogP contribution in [0.3, 0.4) is 0 Å². The van der Waals surface area contributed by atoms with Gasteiger partial charge in [-0.3, -0.25) is 0 Å². The fourth-order valence-corrected chi connectivity index (χ4v) is 8.40. The van der Waals surface area contributed by atoms with Crippen molar-refractivity contribution in [1.29, 1.82) is 0 Å². The number of hydrogen-bond donors (Lipinski definition) is 0. The summed E-state index contributed by atoms with van der Waals surface area (Å²) in [5.41, 5.74) is 7.82. The maximum Gasteiger partial charge on any atom is 0.160 e.